The summed E-state index contributed by atoms with van der Waals surface area (Å²) in [7, 11) is 1.83. The molecule has 0 spiro atoms. The van der Waals surface area contributed by atoms with Crippen LogP contribution in [0.3, 0.4) is 0 Å². The van der Waals surface area contributed by atoms with Crippen molar-refractivity contribution in [2.45, 2.75) is 46.3 Å². The van der Waals surface area contributed by atoms with E-state index in [0.29, 0.717) is 24.2 Å². The fourth-order valence-corrected chi connectivity index (χ4v) is 2.52. The molecule has 2 N–H and O–H groups in total. The van der Waals surface area contributed by atoms with Crippen LogP contribution in [-0.4, -0.2) is 27.0 Å². The first-order valence-electron chi connectivity index (χ1n) is 6.34. The third kappa shape index (κ3) is 4.26. The summed E-state index contributed by atoms with van der Waals surface area (Å²) in [5.41, 5.74) is 1.24. The summed E-state index contributed by atoms with van der Waals surface area (Å²) < 4.78 is 1.67. The monoisotopic (exact) mass is 273 g/mol. The van der Waals surface area contributed by atoms with Gasteiger partial charge >= 0.3 is 0 Å². The van der Waals surface area contributed by atoms with Gasteiger partial charge < -0.3 is 10.4 Å². The molecule has 0 aromatic carbocycles. The molecular formula is C13H24ClN3O. The molecule has 1 unspecified atom stereocenters. The Kier molecular flexibility index (Phi) is 5.20. The molecule has 0 aliphatic rings. The number of aryl methyl sites for hydroxylation is 2. The maximum atomic E-state index is 10.2. The molecule has 1 aromatic heterocycles. The molecule has 4 nitrogen and oxygen atoms in total. The van der Waals surface area contributed by atoms with Crippen molar-refractivity contribution in [1.29, 1.82) is 0 Å². The molecule has 18 heavy (non-hydrogen) atoms. The molecule has 0 aliphatic carbocycles. The molecule has 0 radical (unpaired) electrons. The van der Waals surface area contributed by atoms with Gasteiger partial charge in [0, 0.05) is 25.7 Å². The molecule has 0 saturated carbocycles. The maximum absolute atomic E-state index is 10.2. The van der Waals surface area contributed by atoms with E-state index in [1.807, 2.05) is 20.9 Å². The van der Waals surface area contributed by atoms with Crippen molar-refractivity contribution in [1.82, 2.24) is 15.1 Å². The van der Waals surface area contributed by atoms with Crippen LogP contribution in [0, 0.1) is 12.8 Å². The van der Waals surface area contributed by atoms with E-state index in [0.717, 1.165) is 17.7 Å². The van der Waals surface area contributed by atoms with Crippen LogP contribution >= 0.6 is 11.6 Å². The summed E-state index contributed by atoms with van der Waals surface area (Å²) in [6.07, 6.45) is 0.778. The Bertz CT molecular complexity index is 399. The van der Waals surface area contributed by atoms with Crippen LogP contribution < -0.4 is 5.32 Å². The van der Waals surface area contributed by atoms with E-state index in [1.54, 1.807) is 4.68 Å². The number of nitrogens with one attached hydrogen (secondary N) is 1. The first-order chi connectivity index (χ1) is 8.23. The van der Waals surface area contributed by atoms with Crippen LogP contribution in [0.1, 0.15) is 38.4 Å². The lowest BCUT2D eigenvalue weighted by atomic mass is 9.94. The first-order valence-corrected chi connectivity index (χ1v) is 6.72. The minimum Gasteiger partial charge on any atom is -0.389 e. The molecule has 0 fully saturated rings. The lowest BCUT2D eigenvalue weighted by molar-refractivity contribution is 0.0383. The molecular weight excluding hydrogens is 250 g/mol. The predicted molar refractivity (Wildman–Crippen MR) is 74.7 cm³/mol. The quantitative estimate of drug-likeness (QED) is 0.836. The fourth-order valence-electron chi connectivity index (χ4n) is 2.28. The molecule has 104 valence electrons. The molecule has 1 aromatic rings. The highest BCUT2D eigenvalue weighted by molar-refractivity contribution is 6.30. The summed E-state index contributed by atoms with van der Waals surface area (Å²) in [5.74, 6) is 0.477. The van der Waals surface area contributed by atoms with E-state index in [1.165, 1.54) is 0 Å². The van der Waals surface area contributed by atoms with Gasteiger partial charge in [0.1, 0.15) is 5.15 Å². The Morgan fingerprint density at radius 1 is 1.50 bits per heavy atom. The van der Waals surface area contributed by atoms with E-state index in [-0.39, 0.29) is 0 Å². The van der Waals surface area contributed by atoms with Gasteiger partial charge in [0.2, 0.25) is 0 Å². The summed E-state index contributed by atoms with van der Waals surface area (Å²) in [5, 5.41) is 18.4. The van der Waals surface area contributed by atoms with Gasteiger partial charge in [-0.15, -0.1) is 0 Å². The zero-order valence-corrected chi connectivity index (χ0v) is 12.7. The number of rotatable bonds is 6. The minimum absolute atomic E-state index is 0.477. The number of halogens is 1. The Morgan fingerprint density at radius 3 is 2.56 bits per heavy atom. The van der Waals surface area contributed by atoms with Crippen LogP contribution in [0.15, 0.2) is 0 Å². The highest BCUT2D eigenvalue weighted by Crippen LogP contribution is 2.19. The van der Waals surface area contributed by atoms with E-state index in [2.05, 4.69) is 24.3 Å². The zero-order valence-electron chi connectivity index (χ0n) is 11.9. The maximum Gasteiger partial charge on any atom is 0.131 e. The second-order valence-electron chi connectivity index (χ2n) is 5.68. The Hall–Kier alpha value is -0.580. The lowest BCUT2D eigenvalue weighted by Gasteiger charge is -2.25. The van der Waals surface area contributed by atoms with Crippen LogP contribution in [-0.2, 0) is 13.6 Å². The van der Waals surface area contributed by atoms with Gasteiger partial charge in [0.15, 0.2) is 0 Å². The molecule has 0 bridgehead atoms. The van der Waals surface area contributed by atoms with Crippen molar-refractivity contribution in [3.05, 3.63) is 16.4 Å². The molecule has 0 aliphatic heterocycles. The summed E-state index contributed by atoms with van der Waals surface area (Å²) in [6, 6.07) is 0. The van der Waals surface area contributed by atoms with Gasteiger partial charge in [-0.1, -0.05) is 25.4 Å². The Labute approximate surface area is 114 Å². The third-order valence-electron chi connectivity index (χ3n) is 2.93. The van der Waals surface area contributed by atoms with Crippen LogP contribution in [0.2, 0.25) is 5.15 Å². The topological polar surface area (TPSA) is 50.1 Å². The smallest absolute Gasteiger partial charge is 0.131 e. The largest absolute Gasteiger partial charge is 0.389 e. The van der Waals surface area contributed by atoms with Gasteiger partial charge in [-0.25, -0.2) is 0 Å². The summed E-state index contributed by atoms with van der Waals surface area (Å²) in [6.45, 7) is 9.20. The molecule has 1 rings (SSSR count). The van der Waals surface area contributed by atoms with Crippen molar-refractivity contribution in [3.63, 3.8) is 0 Å². The number of nitrogens with zero attached hydrogens (tertiary/aromatic N) is 2. The van der Waals surface area contributed by atoms with Crippen molar-refractivity contribution < 1.29 is 5.11 Å². The van der Waals surface area contributed by atoms with Crippen LogP contribution in [0.4, 0.5) is 0 Å². The van der Waals surface area contributed by atoms with Crippen molar-refractivity contribution in [3.8, 4) is 0 Å². The Morgan fingerprint density at radius 2 is 2.11 bits per heavy atom. The van der Waals surface area contributed by atoms with E-state index in [4.69, 9.17) is 11.6 Å². The van der Waals surface area contributed by atoms with Gasteiger partial charge in [-0.2, -0.15) is 5.10 Å². The number of hydrogen-bond acceptors (Lipinski definition) is 3. The van der Waals surface area contributed by atoms with Crippen LogP contribution in [0.25, 0.3) is 0 Å². The lowest BCUT2D eigenvalue weighted by Crippen LogP contribution is -2.38. The van der Waals surface area contributed by atoms with Crippen molar-refractivity contribution in [2.75, 3.05) is 6.54 Å². The molecule has 1 heterocycles. The highest BCUT2D eigenvalue weighted by atomic mass is 35.5. The first kappa shape index (κ1) is 15.5. The van der Waals surface area contributed by atoms with Gasteiger partial charge in [-0.3, -0.25) is 4.68 Å². The standard InChI is InChI=1S/C13H24ClN3O/c1-9(2)6-13(4,18)8-15-7-11-10(3)16-17(5)12(11)14/h9,15,18H,6-8H2,1-5H3. The number of aliphatic hydroxyl groups is 1. The molecule has 1 atom stereocenters. The number of aromatic nitrogens is 2. The third-order valence-corrected chi connectivity index (χ3v) is 3.40. The summed E-state index contributed by atoms with van der Waals surface area (Å²) in [4.78, 5) is 0. The molecule has 0 saturated heterocycles. The van der Waals surface area contributed by atoms with Crippen molar-refractivity contribution >= 4 is 11.6 Å². The average molecular weight is 274 g/mol. The molecule has 5 heteroatoms. The van der Waals surface area contributed by atoms with Gasteiger partial charge in [0.05, 0.1) is 11.3 Å². The highest BCUT2D eigenvalue weighted by Gasteiger charge is 2.21. The molecule has 0 amide bonds. The number of hydrogen-bond donors (Lipinski definition) is 2. The van der Waals surface area contributed by atoms with Crippen molar-refractivity contribution in [2.24, 2.45) is 13.0 Å². The Balaban J connectivity index is 2.51. The SMILES string of the molecule is Cc1nn(C)c(Cl)c1CNCC(C)(O)CC(C)C. The normalized spacial score (nSPS) is 15.1. The predicted octanol–water partition coefficient (Wildman–Crippen LogP) is 2.27. The minimum atomic E-state index is -0.684. The van der Waals surface area contributed by atoms with Crippen LogP contribution in [0.5, 0.6) is 0 Å². The van der Waals surface area contributed by atoms with Gasteiger partial charge in [-0.05, 0) is 26.2 Å². The second kappa shape index (κ2) is 6.04. The van der Waals surface area contributed by atoms with E-state index < -0.39 is 5.60 Å². The van der Waals surface area contributed by atoms with Gasteiger partial charge in [0.25, 0.3) is 0 Å². The average Bonchev–Trinajstić information content (AvgIpc) is 2.42. The second-order valence-corrected chi connectivity index (χ2v) is 6.03. The fraction of sp³-hybridized carbons (Fsp3) is 0.769. The zero-order chi connectivity index (χ0) is 13.9. The van der Waals surface area contributed by atoms with E-state index >= 15 is 0 Å². The van der Waals surface area contributed by atoms with E-state index in [9.17, 15) is 5.11 Å². The summed E-state index contributed by atoms with van der Waals surface area (Å²) >= 11 is 6.15.